The van der Waals surface area contributed by atoms with Gasteiger partial charge < -0.3 is 21.1 Å². The van der Waals surface area contributed by atoms with Gasteiger partial charge in [0.25, 0.3) is 11.8 Å². The number of hydrogen-bond acceptors (Lipinski definition) is 4. The van der Waals surface area contributed by atoms with Crippen LogP contribution in [-0.4, -0.2) is 25.5 Å². The Morgan fingerprint density at radius 2 is 1.77 bits per heavy atom. The van der Waals surface area contributed by atoms with Gasteiger partial charge in [0.2, 0.25) is 0 Å². The van der Waals surface area contributed by atoms with Gasteiger partial charge in [-0.3, -0.25) is 9.59 Å². The Balaban J connectivity index is 1.97. The zero-order valence-corrected chi connectivity index (χ0v) is 12.1. The topological polar surface area (TPSA) is 93.5 Å². The van der Waals surface area contributed by atoms with E-state index < -0.39 is 0 Å². The van der Waals surface area contributed by atoms with Gasteiger partial charge in [0.05, 0.1) is 11.3 Å². The third kappa shape index (κ3) is 3.99. The zero-order valence-electron chi connectivity index (χ0n) is 12.1. The van der Waals surface area contributed by atoms with E-state index in [0.29, 0.717) is 22.7 Å². The van der Waals surface area contributed by atoms with Crippen LogP contribution in [0.3, 0.4) is 0 Å². The lowest BCUT2D eigenvalue weighted by atomic mass is 10.1. The predicted molar refractivity (Wildman–Crippen MR) is 84.8 cm³/mol. The van der Waals surface area contributed by atoms with Crippen molar-refractivity contribution < 1.29 is 14.3 Å². The predicted octanol–water partition coefficient (Wildman–Crippen LogP) is 1.65. The Bertz CT molecular complexity index is 669. The van der Waals surface area contributed by atoms with Gasteiger partial charge in [-0.2, -0.15) is 0 Å². The molecule has 0 bridgehead atoms. The molecule has 0 aliphatic heterocycles. The van der Waals surface area contributed by atoms with Gasteiger partial charge in [-0.05, 0) is 36.4 Å². The summed E-state index contributed by atoms with van der Waals surface area (Å²) in [5.41, 5.74) is 7.02. The molecule has 0 saturated heterocycles. The fraction of sp³-hybridized carbons (Fsp3) is 0.125. The monoisotopic (exact) mass is 299 g/mol. The molecule has 6 heteroatoms. The molecule has 2 amide bonds. The average molecular weight is 299 g/mol. The van der Waals surface area contributed by atoms with E-state index in [1.54, 1.807) is 48.5 Å². The molecule has 2 rings (SSSR count). The van der Waals surface area contributed by atoms with Crippen LogP contribution in [0.25, 0.3) is 0 Å². The van der Waals surface area contributed by atoms with Crippen LogP contribution in [0.2, 0.25) is 0 Å². The molecule has 0 saturated carbocycles. The Kier molecular flexibility index (Phi) is 4.98. The number of anilines is 2. The lowest BCUT2D eigenvalue weighted by molar-refractivity contribution is -0.118. The maximum atomic E-state index is 11.9. The normalized spacial score (nSPS) is 9.86. The first-order valence-corrected chi connectivity index (χ1v) is 6.69. The van der Waals surface area contributed by atoms with Crippen molar-refractivity contribution in [3.8, 4) is 5.75 Å². The van der Waals surface area contributed by atoms with Crippen molar-refractivity contribution in [1.82, 2.24) is 5.32 Å². The summed E-state index contributed by atoms with van der Waals surface area (Å²) in [7, 11) is 1.53. The van der Waals surface area contributed by atoms with Crippen LogP contribution in [-0.2, 0) is 4.79 Å². The van der Waals surface area contributed by atoms with Crippen molar-refractivity contribution >= 4 is 23.2 Å². The number of ether oxygens (including phenoxy) is 1. The van der Waals surface area contributed by atoms with Gasteiger partial charge in [0, 0.05) is 12.7 Å². The molecule has 0 aromatic heterocycles. The van der Waals surface area contributed by atoms with Crippen molar-refractivity contribution in [2.45, 2.75) is 0 Å². The van der Waals surface area contributed by atoms with Crippen molar-refractivity contribution in [2.75, 3.05) is 24.7 Å². The highest BCUT2D eigenvalue weighted by Gasteiger charge is 2.11. The van der Waals surface area contributed by atoms with Crippen LogP contribution >= 0.6 is 0 Å². The number of amides is 2. The van der Waals surface area contributed by atoms with Gasteiger partial charge in [-0.25, -0.2) is 0 Å². The second-order valence-corrected chi connectivity index (χ2v) is 4.53. The Morgan fingerprint density at radius 1 is 1.09 bits per heavy atom. The fourth-order valence-corrected chi connectivity index (χ4v) is 1.82. The van der Waals surface area contributed by atoms with Crippen LogP contribution in [0.5, 0.6) is 5.75 Å². The molecule has 6 nitrogen and oxygen atoms in total. The van der Waals surface area contributed by atoms with Crippen LogP contribution in [0.15, 0.2) is 48.5 Å². The molecule has 0 atom stereocenters. The molecule has 2 aromatic carbocycles. The molecular formula is C16H17N3O3. The minimum atomic E-state index is -0.354. The van der Waals surface area contributed by atoms with Gasteiger partial charge in [0.1, 0.15) is 5.75 Å². The van der Waals surface area contributed by atoms with Crippen LogP contribution in [0.1, 0.15) is 10.4 Å². The standard InChI is InChI=1S/C16H17N3O3/c1-18-16(21)13-4-2-3-5-14(13)19-15(20)10-22-12-8-6-11(17)7-9-12/h2-9H,10,17H2,1H3,(H,18,21)(H,19,20). The van der Waals surface area contributed by atoms with E-state index in [9.17, 15) is 9.59 Å². The molecule has 0 spiro atoms. The number of para-hydroxylation sites is 1. The summed E-state index contributed by atoms with van der Waals surface area (Å²) in [6.07, 6.45) is 0. The summed E-state index contributed by atoms with van der Waals surface area (Å²) in [4.78, 5) is 23.6. The highest BCUT2D eigenvalue weighted by molar-refractivity contribution is 6.03. The number of nitrogens with two attached hydrogens (primary N) is 1. The minimum absolute atomic E-state index is 0.161. The first-order chi connectivity index (χ1) is 10.6. The number of carbonyl (C=O) groups excluding carboxylic acids is 2. The summed E-state index contributed by atoms with van der Waals surface area (Å²) >= 11 is 0. The molecule has 22 heavy (non-hydrogen) atoms. The van der Waals surface area contributed by atoms with Crippen LogP contribution in [0, 0.1) is 0 Å². The van der Waals surface area contributed by atoms with Gasteiger partial charge in [0.15, 0.2) is 6.61 Å². The van der Waals surface area contributed by atoms with Crippen molar-refractivity contribution in [3.05, 3.63) is 54.1 Å². The Labute approximate surface area is 128 Å². The third-order valence-corrected chi connectivity index (χ3v) is 2.92. The van der Waals surface area contributed by atoms with E-state index >= 15 is 0 Å². The van der Waals surface area contributed by atoms with E-state index in [1.807, 2.05) is 0 Å². The molecular weight excluding hydrogens is 282 g/mol. The summed E-state index contributed by atoms with van der Waals surface area (Å²) in [5, 5.41) is 5.18. The maximum absolute atomic E-state index is 11.9. The minimum Gasteiger partial charge on any atom is -0.484 e. The molecule has 114 valence electrons. The van der Waals surface area contributed by atoms with Gasteiger partial charge in [-0.1, -0.05) is 12.1 Å². The fourth-order valence-electron chi connectivity index (χ4n) is 1.82. The number of carbonyl (C=O) groups is 2. The van der Waals surface area contributed by atoms with E-state index in [4.69, 9.17) is 10.5 Å². The Morgan fingerprint density at radius 3 is 2.45 bits per heavy atom. The second-order valence-electron chi connectivity index (χ2n) is 4.53. The molecule has 0 aliphatic rings. The number of nitrogens with one attached hydrogen (secondary N) is 2. The van der Waals surface area contributed by atoms with E-state index in [-0.39, 0.29) is 18.4 Å². The van der Waals surface area contributed by atoms with Crippen molar-refractivity contribution in [3.63, 3.8) is 0 Å². The number of benzene rings is 2. The van der Waals surface area contributed by atoms with Crippen LogP contribution < -0.4 is 21.1 Å². The molecule has 4 N–H and O–H groups in total. The molecule has 0 unspecified atom stereocenters. The first-order valence-electron chi connectivity index (χ1n) is 6.69. The first kappa shape index (κ1) is 15.4. The van der Waals surface area contributed by atoms with Gasteiger partial charge in [-0.15, -0.1) is 0 Å². The number of hydrogen-bond donors (Lipinski definition) is 3. The highest BCUT2D eigenvalue weighted by Crippen LogP contribution is 2.16. The van der Waals surface area contributed by atoms with Crippen molar-refractivity contribution in [1.29, 1.82) is 0 Å². The molecule has 0 fully saturated rings. The summed E-state index contributed by atoms with van der Waals surface area (Å²) in [6, 6.07) is 13.5. The average Bonchev–Trinajstić information content (AvgIpc) is 2.54. The third-order valence-electron chi connectivity index (χ3n) is 2.92. The maximum Gasteiger partial charge on any atom is 0.262 e. The molecule has 0 radical (unpaired) electrons. The van der Waals surface area contributed by atoms with E-state index in [0.717, 1.165) is 0 Å². The van der Waals surface area contributed by atoms with Crippen LogP contribution in [0.4, 0.5) is 11.4 Å². The number of rotatable bonds is 5. The largest absolute Gasteiger partial charge is 0.484 e. The summed E-state index contributed by atoms with van der Waals surface area (Å²) in [5.74, 6) is -0.0764. The van der Waals surface area contributed by atoms with Gasteiger partial charge >= 0.3 is 0 Å². The summed E-state index contributed by atoms with van der Waals surface area (Å²) in [6.45, 7) is -0.161. The SMILES string of the molecule is CNC(=O)c1ccccc1NC(=O)COc1ccc(N)cc1. The summed E-state index contributed by atoms with van der Waals surface area (Å²) < 4.78 is 5.35. The molecule has 0 heterocycles. The lowest BCUT2D eigenvalue weighted by Gasteiger charge is -2.11. The Hall–Kier alpha value is -3.02. The quantitative estimate of drug-likeness (QED) is 0.732. The van der Waals surface area contributed by atoms with E-state index in [2.05, 4.69) is 10.6 Å². The lowest BCUT2D eigenvalue weighted by Crippen LogP contribution is -2.24. The zero-order chi connectivity index (χ0) is 15.9. The smallest absolute Gasteiger partial charge is 0.262 e. The molecule has 2 aromatic rings. The molecule has 0 aliphatic carbocycles. The highest BCUT2D eigenvalue weighted by atomic mass is 16.5. The van der Waals surface area contributed by atoms with Crippen molar-refractivity contribution in [2.24, 2.45) is 0 Å². The number of nitrogen functional groups attached to an aromatic ring is 1. The second kappa shape index (κ2) is 7.12. The van der Waals surface area contributed by atoms with E-state index in [1.165, 1.54) is 7.05 Å².